The van der Waals surface area contributed by atoms with Crippen LogP contribution in [0.2, 0.25) is 0 Å². The fraction of sp³-hybridized carbons (Fsp3) is 0.615. The van der Waals surface area contributed by atoms with Gasteiger partial charge in [0.2, 0.25) is 15.9 Å². The van der Waals surface area contributed by atoms with Crippen molar-refractivity contribution in [2.75, 3.05) is 19.4 Å². The molecule has 0 spiro atoms. The van der Waals surface area contributed by atoms with Gasteiger partial charge in [-0.2, -0.15) is 0 Å². The molecule has 1 saturated carbocycles. The van der Waals surface area contributed by atoms with Gasteiger partial charge in [0, 0.05) is 24.8 Å². The molecule has 1 aliphatic carbocycles. The number of nitrogens with one attached hydrogen (secondary N) is 2. The molecule has 0 amide bonds. The van der Waals surface area contributed by atoms with Gasteiger partial charge < -0.3 is 10.1 Å². The van der Waals surface area contributed by atoms with Gasteiger partial charge in [0.05, 0.1) is 12.9 Å². The SMILES string of the molecule is COc1ccc(CNS(=O)(=O)CCCNC2CC2)cn1. The predicted molar refractivity (Wildman–Crippen MR) is 77.1 cm³/mol. The van der Waals surface area contributed by atoms with E-state index < -0.39 is 10.0 Å². The van der Waals surface area contributed by atoms with E-state index in [9.17, 15) is 8.42 Å². The summed E-state index contributed by atoms with van der Waals surface area (Å²) in [5.41, 5.74) is 0.811. The highest BCUT2D eigenvalue weighted by Crippen LogP contribution is 2.18. The van der Waals surface area contributed by atoms with E-state index in [2.05, 4.69) is 15.0 Å². The second kappa shape index (κ2) is 7.01. The number of hydrogen-bond acceptors (Lipinski definition) is 5. The van der Waals surface area contributed by atoms with Crippen molar-refractivity contribution < 1.29 is 13.2 Å². The molecule has 1 aromatic rings. The highest BCUT2D eigenvalue weighted by Gasteiger charge is 2.20. The van der Waals surface area contributed by atoms with Crippen LogP contribution in [0.25, 0.3) is 0 Å². The minimum atomic E-state index is -3.22. The van der Waals surface area contributed by atoms with Crippen molar-refractivity contribution in [3.8, 4) is 5.88 Å². The first-order chi connectivity index (χ1) is 9.59. The third-order valence-electron chi connectivity index (χ3n) is 3.10. The van der Waals surface area contributed by atoms with Crippen LogP contribution in [0, 0.1) is 0 Å². The van der Waals surface area contributed by atoms with E-state index in [0.29, 0.717) is 18.3 Å². The molecule has 7 heteroatoms. The Labute approximate surface area is 120 Å². The van der Waals surface area contributed by atoms with Gasteiger partial charge in [-0.15, -0.1) is 0 Å². The summed E-state index contributed by atoms with van der Waals surface area (Å²) in [6.45, 7) is 1.02. The Hall–Kier alpha value is -1.18. The molecular formula is C13H21N3O3S. The van der Waals surface area contributed by atoms with E-state index in [1.54, 1.807) is 25.4 Å². The molecular weight excluding hydrogens is 278 g/mol. The molecule has 0 aromatic carbocycles. The average Bonchev–Trinajstić information content (AvgIpc) is 3.26. The smallest absolute Gasteiger partial charge is 0.212 e. The molecule has 1 heterocycles. The first-order valence-corrected chi connectivity index (χ1v) is 8.44. The van der Waals surface area contributed by atoms with Crippen LogP contribution < -0.4 is 14.8 Å². The zero-order valence-corrected chi connectivity index (χ0v) is 12.4. The summed E-state index contributed by atoms with van der Waals surface area (Å²) in [6.07, 6.45) is 4.67. The highest BCUT2D eigenvalue weighted by molar-refractivity contribution is 7.89. The van der Waals surface area contributed by atoms with Crippen LogP contribution in [0.4, 0.5) is 0 Å². The second-order valence-electron chi connectivity index (χ2n) is 4.93. The summed E-state index contributed by atoms with van der Waals surface area (Å²) in [6, 6.07) is 4.13. The lowest BCUT2D eigenvalue weighted by molar-refractivity contribution is 0.397. The Balaban J connectivity index is 1.69. The van der Waals surface area contributed by atoms with Crippen LogP contribution in [0.5, 0.6) is 5.88 Å². The van der Waals surface area contributed by atoms with Crippen LogP contribution >= 0.6 is 0 Å². The Morgan fingerprint density at radius 1 is 1.40 bits per heavy atom. The van der Waals surface area contributed by atoms with Crippen LogP contribution in [0.1, 0.15) is 24.8 Å². The summed E-state index contributed by atoms with van der Waals surface area (Å²) in [5, 5.41) is 3.30. The van der Waals surface area contributed by atoms with Gasteiger partial charge in [-0.1, -0.05) is 6.07 Å². The topological polar surface area (TPSA) is 80.3 Å². The van der Waals surface area contributed by atoms with E-state index in [1.807, 2.05) is 0 Å². The van der Waals surface area contributed by atoms with Crippen LogP contribution in [0.15, 0.2) is 18.3 Å². The fourth-order valence-corrected chi connectivity index (χ4v) is 2.81. The van der Waals surface area contributed by atoms with E-state index >= 15 is 0 Å². The summed E-state index contributed by atoms with van der Waals surface area (Å²) >= 11 is 0. The normalized spacial score (nSPS) is 15.2. The lowest BCUT2D eigenvalue weighted by Crippen LogP contribution is -2.28. The van der Waals surface area contributed by atoms with Gasteiger partial charge >= 0.3 is 0 Å². The lowest BCUT2D eigenvalue weighted by atomic mass is 10.3. The number of hydrogen-bond donors (Lipinski definition) is 2. The minimum Gasteiger partial charge on any atom is -0.481 e. The standard InChI is InChI=1S/C13H21N3O3S/c1-19-13-6-3-11(9-15-13)10-16-20(17,18)8-2-7-14-12-4-5-12/h3,6,9,12,14,16H,2,4-5,7-8,10H2,1H3. The van der Waals surface area contributed by atoms with Gasteiger partial charge in [0.1, 0.15) is 0 Å². The number of ether oxygens (including phenoxy) is 1. The molecule has 1 aliphatic rings. The predicted octanol–water partition coefficient (Wildman–Crippen LogP) is 0.652. The average molecular weight is 299 g/mol. The van der Waals surface area contributed by atoms with Crippen molar-refractivity contribution in [3.63, 3.8) is 0 Å². The van der Waals surface area contributed by atoms with Crippen LogP contribution in [-0.2, 0) is 16.6 Å². The van der Waals surface area contributed by atoms with Crippen LogP contribution in [0.3, 0.4) is 0 Å². The number of nitrogens with zero attached hydrogens (tertiary/aromatic N) is 1. The van der Waals surface area contributed by atoms with E-state index in [0.717, 1.165) is 12.1 Å². The maximum Gasteiger partial charge on any atom is 0.212 e. The molecule has 0 bridgehead atoms. The second-order valence-corrected chi connectivity index (χ2v) is 6.86. The zero-order chi connectivity index (χ0) is 14.4. The number of methoxy groups -OCH3 is 1. The number of aromatic nitrogens is 1. The van der Waals surface area contributed by atoms with Crippen molar-refractivity contribution in [1.82, 2.24) is 15.0 Å². The molecule has 112 valence electrons. The van der Waals surface area contributed by atoms with Gasteiger partial charge in [-0.3, -0.25) is 0 Å². The van der Waals surface area contributed by atoms with Gasteiger partial charge in [0.15, 0.2) is 0 Å². The Morgan fingerprint density at radius 3 is 2.80 bits per heavy atom. The molecule has 2 N–H and O–H groups in total. The van der Waals surface area contributed by atoms with Crippen molar-refractivity contribution in [3.05, 3.63) is 23.9 Å². The molecule has 20 heavy (non-hydrogen) atoms. The molecule has 0 atom stereocenters. The van der Waals surface area contributed by atoms with Gasteiger partial charge in [-0.25, -0.2) is 18.1 Å². The van der Waals surface area contributed by atoms with Gasteiger partial charge in [0.25, 0.3) is 0 Å². The molecule has 2 rings (SSSR count). The van der Waals surface area contributed by atoms with Crippen molar-refractivity contribution >= 4 is 10.0 Å². The minimum absolute atomic E-state index is 0.149. The highest BCUT2D eigenvalue weighted by atomic mass is 32.2. The number of pyridine rings is 1. The maximum absolute atomic E-state index is 11.8. The van der Waals surface area contributed by atoms with Crippen LogP contribution in [-0.4, -0.2) is 38.9 Å². The summed E-state index contributed by atoms with van der Waals surface area (Å²) in [5.74, 6) is 0.666. The van der Waals surface area contributed by atoms with E-state index in [1.165, 1.54) is 12.8 Å². The van der Waals surface area contributed by atoms with Gasteiger partial charge in [-0.05, 0) is 31.4 Å². The third kappa shape index (κ3) is 5.44. The molecule has 1 fully saturated rings. The third-order valence-corrected chi connectivity index (χ3v) is 4.51. The molecule has 6 nitrogen and oxygen atoms in total. The van der Waals surface area contributed by atoms with E-state index in [4.69, 9.17) is 4.74 Å². The first-order valence-electron chi connectivity index (χ1n) is 6.79. The van der Waals surface area contributed by atoms with Crippen molar-refractivity contribution in [1.29, 1.82) is 0 Å². The Morgan fingerprint density at radius 2 is 2.20 bits per heavy atom. The summed E-state index contributed by atoms with van der Waals surface area (Å²) < 4.78 is 31.1. The van der Waals surface area contributed by atoms with E-state index in [-0.39, 0.29) is 12.3 Å². The maximum atomic E-state index is 11.8. The summed E-state index contributed by atoms with van der Waals surface area (Å²) in [7, 11) is -1.68. The molecule has 1 aromatic heterocycles. The fourth-order valence-electron chi connectivity index (χ4n) is 1.76. The quantitative estimate of drug-likeness (QED) is 0.655. The first kappa shape index (κ1) is 15.2. The monoisotopic (exact) mass is 299 g/mol. The molecule has 0 saturated heterocycles. The van der Waals surface area contributed by atoms with Crippen molar-refractivity contribution in [2.24, 2.45) is 0 Å². The lowest BCUT2D eigenvalue weighted by Gasteiger charge is -2.07. The number of rotatable bonds is 9. The Kier molecular flexibility index (Phi) is 5.33. The molecule has 0 radical (unpaired) electrons. The number of sulfonamides is 1. The molecule has 0 unspecified atom stereocenters. The van der Waals surface area contributed by atoms with Crippen molar-refractivity contribution in [2.45, 2.75) is 31.8 Å². The molecule has 0 aliphatic heterocycles. The summed E-state index contributed by atoms with van der Waals surface area (Å²) in [4.78, 5) is 4.03. The Bertz CT molecular complexity index is 512. The zero-order valence-electron chi connectivity index (χ0n) is 11.6. The largest absolute Gasteiger partial charge is 0.481 e.